The molecule has 7 nitrogen and oxygen atoms in total. The van der Waals surface area contributed by atoms with Crippen LogP contribution >= 0.6 is 11.5 Å². The highest BCUT2D eigenvalue weighted by atomic mass is 32.1. The van der Waals surface area contributed by atoms with E-state index in [9.17, 15) is 14.0 Å². The Hall–Kier alpha value is -3.07. The van der Waals surface area contributed by atoms with Gasteiger partial charge in [0.25, 0.3) is 11.8 Å². The minimum atomic E-state index is -1.12. The maximum absolute atomic E-state index is 13.6. The topological polar surface area (TPSA) is 88.3 Å². The number of hydrogen-bond acceptors (Lipinski definition) is 6. The van der Waals surface area contributed by atoms with Crippen molar-refractivity contribution in [3.05, 3.63) is 64.8 Å². The summed E-state index contributed by atoms with van der Waals surface area (Å²) in [5.41, 5.74) is -0.0884. The number of rotatable bonds is 7. The van der Waals surface area contributed by atoms with Crippen molar-refractivity contribution < 1.29 is 18.4 Å². The third-order valence-corrected chi connectivity index (χ3v) is 5.29. The Morgan fingerprint density at radius 1 is 1.23 bits per heavy atom. The molecule has 3 rings (SSSR count). The van der Waals surface area contributed by atoms with Crippen LogP contribution < -0.4 is 10.2 Å². The van der Waals surface area contributed by atoms with Gasteiger partial charge in [-0.15, -0.1) is 5.10 Å². The van der Waals surface area contributed by atoms with Gasteiger partial charge in [-0.1, -0.05) is 11.4 Å². The van der Waals surface area contributed by atoms with Crippen molar-refractivity contribution in [2.45, 2.75) is 45.7 Å². The lowest BCUT2D eigenvalue weighted by Gasteiger charge is -2.33. The Balaban J connectivity index is 2.13. The lowest BCUT2D eigenvalue weighted by atomic mass is 10.0. The van der Waals surface area contributed by atoms with E-state index in [1.807, 2.05) is 20.8 Å². The van der Waals surface area contributed by atoms with E-state index in [1.54, 1.807) is 19.1 Å². The number of amides is 2. The molecule has 0 aliphatic rings. The molecule has 0 aliphatic heterocycles. The highest BCUT2D eigenvalue weighted by Crippen LogP contribution is 2.31. The van der Waals surface area contributed by atoms with Crippen LogP contribution in [0.15, 0.2) is 46.2 Å². The van der Waals surface area contributed by atoms with Crippen LogP contribution in [0.1, 0.15) is 55.2 Å². The van der Waals surface area contributed by atoms with E-state index in [4.69, 9.17) is 4.42 Å². The largest absolute Gasteiger partial charge is 0.464 e. The molecule has 1 N–H and O–H groups in total. The second kappa shape index (κ2) is 8.74. The summed E-state index contributed by atoms with van der Waals surface area (Å²) in [6.07, 6.45) is 0.684. The average Bonchev–Trinajstić information content (AvgIpc) is 3.38. The van der Waals surface area contributed by atoms with E-state index < -0.39 is 29.2 Å². The number of hydrogen-bond donors (Lipinski definition) is 1. The van der Waals surface area contributed by atoms with E-state index >= 15 is 0 Å². The summed E-state index contributed by atoms with van der Waals surface area (Å²) in [6, 6.07) is 7.59. The molecule has 0 aliphatic carbocycles. The number of anilines is 1. The number of aryl methyl sites for hydroxylation is 1. The molecule has 0 saturated heterocycles. The molecule has 1 aromatic carbocycles. The molecule has 2 heterocycles. The number of furan rings is 1. The molecule has 2 aromatic heterocycles. The Bertz CT molecular complexity index is 1020. The van der Waals surface area contributed by atoms with Crippen molar-refractivity contribution in [1.29, 1.82) is 0 Å². The van der Waals surface area contributed by atoms with Gasteiger partial charge in [0.1, 0.15) is 17.3 Å². The summed E-state index contributed by atoms with van der Waals surface area (Å²) in [7, 11) is 0. The van der Waals surface area contributed by atoms with Gasteiger partial charge in [0.2, 0.25) is 0 Å². The monoisotopic (exact) mass is 430 g/mol. The van der Waals surface area contributed by atoms with Crippen LogP contribution in [0.5, 0.6) is 0 Å². The van der Waals surface area contributed by atoms with Gasteiger partial charge in [-0.3, -0.25) is 14.5 Å². The van der Waals surface area contributed by atoms with Crippen molar-refractivity contribution in [2.24, 2.45) is 0 Å². The number of aromatic nitrogens is 2. The third-order valence-electron chi connectivity index (χ3n) is 4.79. The standard InChI is InChI=1S/C21H23FN4O3S/c1-5-21(3,4)23-19(27)18(17-11-6-13(2)29-17)26(15-9-7-14(22)8-10-15)20(28)16-12-30-25-24-16/h6-12,18H,5H2,1-4H3,(H,23,27). The smallest absolute Gasteiger partial charge is 0.280 e. The number of benzene rings is 1. The van der Waals surface area contributed by atoms with Gasteiger partial charge in [0.15, 0.2) is 11.7 Å². The average molecular weight is 431 g/mol. The summed E-state index contributed by atoms with van der Waals surface area (Å²) in [6.45, 7) is 7.49. The fourth-order valence-corrected chi connectivity index (χ4v) is 3.26. The number of halogens is 1. The zero-order chi connectivity index (χ0) is 21.9. The van der Waals surface area contributed by atoms with Crippen molar-refractivity contribution in [3.8, 4) is 0 Å². The number of nitrogens with zero attached hydrogens (tertiary/aromatic N) is 3. The summed E-state index contributed by atoms with van der Waals surface area (Å²) in [5.74, 6) is -0.531. The van der Waals surface area contributed by atoms with Crippen LogP contribution in [0.25, 0.3) is 0 Å². The van der Waals surface area contributed by atoms with Gasteiger partial charge in [-0.25, -0.2) is 4.39 Å². The zero-order valence-corrected chi connectivity index (χ0v) is 18.0. The normalized spacial score (nSPS) is 12.4. The van der Waals surface area contributed by atoms with Crippen LogP contribution in [-0.4, -0.2) is 26.9 Å². The third kappa shape index (κ3) is 4.73. The molecule has 0 fully saturated rings. The first kappa shape index (κ1) is 21.6. The van der Waals surface area contributed by atoms with Crippen molar-refractivity contribution in [1.82, 2.24) is 14.9 Å². The fraction of sp³-hybridized carbons (Fsp3) is 0.333. The Labute approximate surface area is 178 Å². The summed E-state index contributed by atoms with van der Waals surface area (Å²) in [4.78, 5) is 28.0. The molecule has 30 heavy (non-hydrogen) atoms. The van der Waals surface area contributed by atoms with Crippen LogP contribution in [0, 0.1) is 12.7 Å². The maximum atomic E-state index is 13.6. The molecular weight excluding hydrogens is 407 g/mol. The lowest BCUT2D eigenvalue weighted by molar-refractivity contribution is -0.124. The first-order chi connectivity index (χ1) is 14.2. The van der Waals surface area contributed by atoms with Crippen molar-refractivity contribution in [2.75, 3.05) is 4.90 Å². The molecule has 0 bridgehead atoms. The van der Waals surface area contributed by atoms with E-state index in [-0.39, 0.29) is 11.5 Å². The lowest BCUT2D eigenvalue weighted by Crippen LogP contribution is -2.50. The summed E-state index contributed by atoms with van der Waals surface area (Å²) in [5, 5.41) is 8.32. The highest BCUT2D eigenvalue weighted by Gasteiger charge is 2.38. The molecule has 9 heteroatoms. The highest BCUT2D eigenvalue weighted by molar-refractivity contribution is 7.03. The van der Waals surface area contributed by atoms with Gasteiger partial charge < -0.3 is 9.73 Å². The van der Waals surface area contributed by atoms with Crippen LogP contribution in [0.3, 0.4) is 0 Å². The summed E-state index contributed by atoms with van der Waals surface area (Å²) >= 11 is 1.02. The second-order valence-corrected chi connectivity index (χ2v) is 8.13. The first-order valence-corrected chi connectivity index (χ1v) is 10.3. The SMILES string of the molecule is CCC(C)(C)NC(=O)C(c1ccc(C)o1)N(C(=O)c1csnn1)c1ccc(F)cc1. The number of carbonyl (C=O) groups is 2. The molecule has 1 atom stereocenters. The van der Waals surface area contributed by atoms with Gasteiger partial charge in [-0.05, 0) is 75.1 Å². The van der Waals surface area contributed by atoms with E-state index in [1.165, 1.54) is 34.5 Å². The molecule has 0 spiro atoms. The zero-order valence-electron chi connectivity index (χ0n) is 17.2. The minimum absolute atomic E-state index is 0.0835. The second-order valence-electron chi connectivity index (χ2n) is 7.52. The first-order valence-electron chi connectivity index (χ1n) is 9.46. The van der Waals surface area contributed by atoms with Gasteiger partial charge >= 0.3 is 0 Å². The molecule has 0 saturated carbocycles. The quantitative estimate of drug-likeness (QED) is 0.605. The number of nitrogens with one attached hydrogen (secondary N) is 1. The van der Waals surface area contributed by atoms with Gasteiger partial charge in [0.05, 0.1) is 0 Å². The summed E-state index contributed by atoms with van der Waals surface area (Å²) < 4.78 is 23.1. The van der Waals surface area contributed by atoms with E-state index in [0.29, 0.717) is 17.9 Å². The van der Waals surface area contributed by atoms with Crippen LogP contribution in [-0.2, 0) is 4.79 Å². The number of carbonyl (C=O) groups excluding carboxylic acids is 2. The predicted molar refractivity (Wildman–Crippen MR) is 112 cm³/mol. The maximum Gasteiger partial charge on any atom is 0.280 e. The Morgan fingerprint density at radius 3 is 2.47 bits per heavy atom. The fourth-order valence-electron chi connectivity index (χ4n) is 2.83. The Kier molecular flexibility index (Phi) is 6.31. The minimum Gasteiger partial charge on any atom is -0.464 e. The van der Waals surface area contributed by atoms with Gasteiger partial charge in [0, 0.05) is 16.6 Å². The molecular formula is C21H23FN4O3S. The van der Waals surface area contributed by atoms with Crippen LogP contribution in [0.2, 0.25) is 0 Å². The Morgan fingerprint density at radius 2 is 1.93 bits per heavy atom. The molecule has 3 aromatic rings. The van der Waals surface area contributed by atoms with E-state index in [2.05, 4.69) is 14.9 Å². The van der Waals surface area contributed by atoms with Crippen molar-refractivity contribution >= 4 is 29.0 Å². The molecule has 2 amide bonds. The molecule has 158 valence electrons. The molecule has 0 radical (unpaired) electrons. The van der Waals surface area contributed by atoms with Crippen molar-refractivity contribution in [3.63, 3.8) is 0 Å². The van der Waals surface area contributed by atoms with Gasteiger partial charge in [-0.2, -0.15) is 0 Å². The van der Waals surface area contributed by atoms with Crippen LogP contribution in [0.4, 0.5) is 10.1 Å². The predicted octanol–water partition coefficient (Wildman–Crippen LogP) is 4.27. The molecule has 1 unspecified atom stereocenters. The van der Waals surface area contributed by atoms with E-state index in [0.717, 1.165) is 11.5 Å².